The van der Waals surface area contributed by atoms with Crippen molar-refractivity contribution in [2.75, 3.05) is 0 Å². The maximum Gasteiger partial charge on any atom is 0.337 e. The van der Waals surface area contributed by atoms with Crippen LogP contribution in [0.15, 0.2) is 36.5 Å². The summed E-state index contributed by atoms with van der Waals surface area (Å²) in [7, 11) is 0. The summed E-state index contributed by atoms with van der Waals surface area (Å²) >= 11 is 0. The highest BCUT2D eigenvalue weighted by molar-refractivity contribution is 5.95. The Morgan fingerprint density at radius 2 is 1.95 bits per heavy atom. The number of ether oxygens (including phenoxy) is 1. The fourth-order valence-corrected chi connectivity index (χ4v) is 1.78. The van der Waals surface area contributed by atoms with E-state index in [1.807, 2.05) is 13.8 Å². The van der Waals surface area contributed by atoms with E-state index >= 15 is 0 Å². The molecule has 0 bridgehead atoms. The third-order valence-electron chi connectivity index (χ3n) is 2.62. The second-order valence-electron chi connectivity index (χ2n) is 4.55. The lowest BCUT2D eigenvalue weighted by Crippen LogP contribution is -2.08. The zero-order valence-electron chi connectivity index (χ0n) is 11.1. The Morgan fingerprint density at radius 1 is 1.30 bits per heavy atom. The Labute approximate surface area is 115 Å². The number of nitrogens with zero attached hydrogens (tertiary/aromatic N) is 1. The normalized spacial score (nSPS) is 10.6. The number of halogens is 1. The minimum atomic E-state index is -1.09. The SMILES string of the molecule is CC(C)Oc1cc(-c2ccc(F)cc2)c(C(=O)O)cn1. The second kappa shape index (κ2) is 5.69. The molecule has 104 valence electrons. The lowest BCUT2D eigenvalue weighted by molar-refractivity contribution is 0.0697. The molecule has 1 aromatic carbocycles. The number of rotatable bonds is 4. The molecule has 0 aliphatic carbocycles. The van der Waals surface area contributed by atoms with E-state index < -0.39 is 5.97 Å². The van der Waals surface area contributed by atoms with Crippen molar-refractivity contribution in [3.05, 3.63) is 47.9 Å². The summed E-state index contributed by atoms with van der Waals surface area (Å²) in [6.07, 6.45) is 1.18. The minimum absolute atomic E-state index is 0.0488. The van der Waals surface area contributed by atoms with E-state index in [1.165, 1.54) is 30.5 Å². The summed E-state index contributed by atoms with van der Waals surface area (Å²) < 4.78 is 18.4. The van der Waals surface area contributed by atoms with Gasteiger partial charge in [-0.1, -0.05) is 12.1 Å². The number of aromatic nitrogens is 1. The number of hydrogen-bond donors (Lipinski definition) is 1. The molecule has 5 heteroatoms. The standard InChI is InChI=1S/C15H14FNO3/c1-9(2)20-14-7-12(13(8-17-14)15(18)19)10-3-5-11(16)6-4-10/h3-9H,1-2H3,(H,18,19). The maximum absolute atomic E-state index is 13.0. The van der Waals surface area contributed by atoms with E-state index in [0.717, 1.165) is 0 Å². The smallest absolute Gasteiger partial charge is 0.337 e. The van der Waals surface area contributed by atoms with Gasteiger partial charge in [-0.05, 0) is 31.5 Å². The number of carbonyl (C=O) groups is 1. The molecule has 0 aliphatic heterocycles. The highest BCUT2D eigenvalue weighted by Crippen LogP contribution is 2.27. The lowest BCUT2D eigenvalue weighted by Gasteiger charge is -2.12. The van der Waals surface area contributed by atoms with Crippen LogP contribution in [-0.4, -0.2) is 22.2 Å². The average molecular weight is 275 g/mol. The molecule has 0 spiro atoms. The van der Waals surface area contributed by atoms with Gasteiger partial charge in [-0.15, -0.1) is 0 Å². The predicted molar refractivity (Wildman–Crippen MR) is 72.4 cm³/mol. The molecule has 0 aliphatic rings. The van der Waals surface area contributed by atoms with Gasteiger partial charge in [0.25, 0.3) is 0 Å². The number of aromatic carboxylic acids is 1. The number of pyridine rings is 1. The molecule has 1 aromatic heterocycles. The van der Waals surface area contributed by atoms with Gasteiger partial charge < -0.3 is 9.84 Å². The van der Waals surface area contributed by atoms with Crippen molar-refractivity contribution in [2.24, 2.45) is 0 Å². The monoisotopic (exact) mass is 275 g/mol. The van der Waals surface area contributed by atoms with E-state index in [9.17, 15) is 14.3 Å². The molecule has 1 N–H and O–H groups in total. The van der Waals surface area contributed by atoms with Crippen LogP contribution < -0.4 is 4.74 Å². The zero-order chi connectivity index (χ0) is 14.7. The van der Waals surface area contributed by atoms with Gasteiger partial charge in [0.2, 0.25) is 5.88 Å². The van der Waals surface area contributed by atoms with Crippen LogP contribution in [0.2, 0.25) is 0 Å². The van der Waals surface area contributed by atoms with Crippen molar-refractivity contribution in [1.82, 2.24) is 4.98 Å². The van der Waals surface area contributed by atoms with E-state index in [-0.39, 0.29) is 17.5 Å². The third kappa shape index (κ3) is 3.12. The topological polar surface area (TPSA) is 59.4 Å². The third-order valence-corrected chi connectivity index (χ3v) is 2.62. The molecule has 0 unspecified atom stereocenters. The van der Waals surface area contributed by atoms with Crippen molar-refractivity contribution in [3.8, 4) is 17.0 Å². The Balaban J connectivity index is 2.51. The highest BCUT2D eigenvalue weighted by atomic mass is 19.1. The molecule has 1 heterocycles. The number of benzene rings is 1. The predicted octanol–water partition coefficient (Wildman–Crippen LogP) is 3.37. The summed E-state index contributed by atoms with van der Waals surface area (Å²) in [5, 5.41) is 9.20. The Kier molecular flexibility index (Phi) is 3.98. The Bertz CT molecular complexity index is 624. The second-order valence-corrected chi connectivity index (χ2v) is 4.55. The van der Waals surface area contributed by atoms with Gasteiger partial charge in [-0.25, -0.2) is 14.2 Å². The van der Waals surface area contributed by atoms with Gasteiger partial charge >= 0.3 is 5.97 Å². The maximum atomic E-state index is 13.0. The van der Waals surface area contributed by atoms with Crippen LogP contribution in [0.4, 0.5) is 4.39 Å². The van der Waals surface area contributed by atoms with Crippen molar-refractivity contribution in [2.45, 2.75) is 20.0 Å². The first-order valence-corrected chi connectivity index (χ1v) is 6.13. The van der Waals surface area contributed by atoms with Crippen molar-refractivity contribution < 1.29 is 19.0 Å². The van der Waals surface area contributed by atoms with Crippen molar-refractivity contribution in [1.29, 1.82) is 0 Å². The molecule has 0 atom stereocenters. The summed E-state index contributed by atoms with van der Waals surface area (Å²) in [6.45, 7) is 3.70. The summed E-state index contributed by atoms with van der Waals surface area (Å²) in [5.74, 6) is -1.13. The van der Waals surface area contributed by atoms with E-state index in [0.29, 0.717) is 17.0 Å². The quantitative estimate of drug-likeness (QED) is 0.929. The molecule has 0 fully saturated rings. The first-order chi connectivity index (χ1) is 9.47. The molecule has 4 nitrogen and oxygen atoms in total. The zero-order valence-corrected chi connectivity index (χ0v) is 11.1. The van der Waals surface area contributed by atoms with Crippen LogP contribution >= 0.6 is 0 Å². The average Bonchev–Trinajstić information content (AvgIpc) is 2.38. The summed E-state index contributed by atoms with van der Waals surface area (Å²) in [4.78, 5) is 15.2. The van der Waals surface area contributed by atoms with E-state index in [4.69, 9.17) is 4.74 Å². The van der Waals surface area contributed by atoms with Crippen LogP contribution in [0.3, 0.4) is 0 Å². The fraction of sp³-hybridized carbons (Fsp3) is 0.200. The van der Waals surface area contributed by atoms with Gasteiger partial charge in [0, 0.05) is 17.8 Å². The Hall–Kier alpha value is -2.43. The first-order valence-electron chi connectivity index (χ1n) is 6.13. The summed E-state index contributed by atoms with van der Waals surface area (Å²) in [5.41, 5.74) is 1.09. The van der Waals surface area contributed by atoms with E-state index in [2.05, 4.69) is 4.98 Å². The van der Waals surface area contributed by atoms with Gasteiger partial charge in [0.15, 0.2) is 0 Å². The van der Waals surface area contributed by atoms with E-state index in [1.54, 1.807) is 6.07 Å². The minimum Gasteiger partial charge on any atom is -0.478 e. The molecule has 20 heavy (non-hydrogen) atoms. The van der Waals surface area contributed by atoms with Crippen molar-refractivity contribution in [3.63, 3.8) is 0 Å². The van der Waals surface area contributed by atoms with Crippen molar-refractivity contribution >= 4 is 5.97 Å². The van der Waals surface area contributed by atoms with Crippen LogP contribution in [0.5, 0.6) is 5.88 Å². The van der Waals surface area contributed by atoms with Crippen LogP contribution in [-0.2, 0) is 0 Å². The first kappa shape index (κ1) is 14.0. The lowest BCUT2D eigenvalue weighted by atomic mass is 10.0. The molecular weight excluding hydrogens is 261 g/mol. The molecule has 0 amide bonds. The molecule has 2 rings (SSSR count). The molecule has 2 aromatic rings. The highest BCUT2D eigenvalue weighted by Gasteiger charge is 2.14. The molecule has 0 saturated carbocycles. The summed E-state index contributed by atoms with van der Waals surface area (Å²) in [6, 6.07) is 7.16. The molecule has 0 saturated heterocycles. The largest absolute Gasteiger partial charge is 0.478 e. The van der Waals surface area contributed by atoms with Gasteiger partial charge in [0.1, 0.15) is 5.82 Å². The fourth-order valence-electron chi connectivity index (χ4n) is 1.78. The number of hydrogen-bond acceptors (Lipinski definition) is 3. The van der Waals surface area contributed by atoms with Gasteiger partial charge in [-0.3, -0.25) is 0 Å². The van der Waals surface area contributed by atoms with Crippen LogP contribution in [0, 0.1) is 5.82 Å². The van der Waals surface area contributed by atoms with Crippen LogP contribution in [0.1, 0.15) is 24.2 Å². The number of carboxylic acid groups (broad SMARTS) is 1. The number of carboxylic acids is 1. The molecular formula is C15H14FNO3. The van der Waals surface area contributed by atoms with Crippen LogP contribution in [0.25, 0.3) is 11.1 Å². The van der Waals surface area contributed by atoms with Gasteiger partial charge in [0.05, 0.1) is 11.7 Å². The van der Waals surface area contributed by atoms with Gasteiger partial charge in [-0.2, -0.15) is 0 Å². The molecule has 0 radical (unpaired) electrons. The Morgan fingerprint density at radius 3 is 2.50 bits per heavy atom.